The summed E-state index contributed by atoms with van der Waals surface area (Å²) in [5, 5.41) is 9.62. The maximum absolute atomic E-state index is 12.2. The number of esters is 1. The molecule has 0 aliphatic carbocycles. The van der Waals surface area contributed by atoms with Crippen LogP contribution < -0.4 is 0 Å². The summed E-state index contributed by atoms with van der Waals surface area (Å²) in [6.45, 7) is 4.24. The average Bonchev–Trinajstić information content (AvgIpc) is 2.44. The molecule has 1 rings (SSSR count). The van der Waals surface area contributed by atoms with Gasteiger partial charge in [0.25, 0.3) is 0 Å². The van der Waals surface area contributed by atoms with Gasteiger partial charge in [-0.25, -0.2) is 0 Å². The molecule has 0 aliphatic rings. The van der Waals surface area contributed by atoms with Gasteiger partial charge in [0.1, 0.15) is 0 Å². The van der Waals surface area contributed by atoms with Crippen LogP contribution in [-0.2, 0) is 24.5 Å². The van der Waals surface area contributed by atoms with E-state index in [0.29, 0.717) is 12.2 Å². The molecule has 0 bridgehead atoms. The third kappa shape index (κ3) is 3.36. The lowest BCUT2D eigenvalue weighted by Crippen LogP contribution is -2.46. The first-order valence-corrected chi connectivity index (χ1v) is 6.63. The maximum atomic E-state index is 12.2. The summed E-state index contributed by atoms with van der Waals surface area (Å²) < 4.78 is 10.2. The summed E-state index contributed by atoms with van der Waals surface area (Å²) in [7, 11) is 0. The lowest BCUT2D eigenvalue weighted by Gasteiger charge is -2.27. The average molecular weight is 280 g/mol. The van der Waals surface area contributed by atoms with Gasteiger partial charge in [0.2, 0.25) is 0 Å². The Labute approximate surface area is 118 Å². The zero-order chi connectivity index (χ0) is 15.0. The molecule has 5 nitrogen and oxygen atoms in total. The molecule has 0 amide bonds. The van der Waals surface area contributed by atoms with Crippen LogP contribution in [0, 0.1) is 0 Å². The Morgan fingerprint density at radius 1 is 1.15 bits per heavy atom. The molecule has 110 valence electrons. The third-order valence-electron chi connectivity index (χ3n) is 3.08. The molecular weight excluding hydrogens is 260 g/mol. The first-order valence-electron chi connectivity index (χ1n) is 6.63. The number of rotatable bonds is 8. The highest BCUT2D eigenvalue weighted by molar-refractivity contribution is 6.05. The Hall–Kier alpha value is -1.88. The fourth-order valence-corrected chi connectivity index (χ4v) is 2.03. The first kappa shape index (κ1) is 16.2. The van der Waals surface area contributed by atoms with Crippen molar-refractivity contribution in [2.24, 2.45) is 0 Å². The number of carbonyl (C=O) groups excluding carboxylic acids is 1. The second kappa shape index (κ2) is 7.65. The zero-order valence-corrected chi connectivity index (χ0v) is 11.8. The number of ether oxygens (including phenoxy) is 2. The van der Waals surface area contributed by atoms with E-state index in [2.05, 4.69) is 0 Å². The van der Waals surface area contributed by atoms with E-state index in [-0.39, 0.29) is 19.6 Å². The second-order valence-corrected chi connectivity index (χ2v) is 4.24. The number of hydrogen-bond donors (Lipinski definition) is 1. The molecule has 5 heteroatoms. The Bertz CT molecular complexity index is 443. The van der Waals surface area contributed by atoms with Crippen molar-refractivity contribution >= 4 is 11.9 Å². The van der Waals surface area contributed by atoms with Crippen molar-refractivity contribution < 1.29 is 24.2 Å². The molecule has 0 aliphatic heterocycles. The minimum absolute atomic E-state index is 0.0407. The third-order valence-corrected chi connectivity index (χ3v) is 3.08. The molecule has 1 unspecified atom stereocenters. The number of hydrogen-bond acceptors (Lipinski definition) is 4. The molecule has 1 atom stereocenters. The van der Waals surface area contributed by atoms with Crippen LogP contribution in [0.2, 0.25) is 0 Å². The SMILES string of the molecule is CCOCCC(C(=O)O)(C(=O)OCC)c1ccccc1. The van der Waals surface area contributed by atoms with Gasteiger partial charge in [-0.15, -0.1) is 0 Å². The van der Waals surface area contributed by atoms with Crippen LogP contribution in [0.15, 0.2) is 30.3 Å². The number of benzene rings is 1. The Balaban J connectivity index is 3.20. The van der Waals surface area contributed by atoms with Gasteiger partial charge >= 0.3 is 11.9 Å². The molecular formula is C15H20O5. The van der Waals surface area contributed by atoms with Crippen LogP contribution in [-0.4, -0.2) is 36.9 Å². The molecule has 1 N–H and O–H groups in total. The van der Waals surface area contributed by atoms with Crippen LogP contribution in [0.1, 0.15) is 25.8 Å². The summed E-state index contributed by atoms with van der Waals surface area (Å²) in [6, 6.07) is 8.41. The Morgan fingerprint density at radius 2 is 1.80 bits per heavy atom. The van der Waals surface area contributed by atoms with Crippen molar-refractivity contribution in [1.82, 2.24) is 0 Å². The molecule has 0 radical (unpaired) electrons. The number of carboxylic acid groups (broad SMARTS) is 1. The molecule has 1 aromatic carbocycles. The molecule has 20 heavy (non-hydrogen) atoms. The summed E-state index contributed by atoms with van der Waals surface area (Å²) in [5.41, 5.74) is -1.31. The number of aliphatic carboxylic acids is 1. The van der Waals surface area contributed by atoms with E-state index < -0.39 is 17.4 Å². The van der Waals surface area contributed by atoms with Crippen LogP contribution in [0.5, 0.6) is 0 Å². The van der Waals surface area contributed by atoms with Crippen molar-refractivity contribution in [3.8, 4) is 0 Å². The van der Waals surface area contributed by atoms with Crippen molar-refractivity contribution in [3.63, 3.8) is 0 Å². The fourth-order valence-electron chi connectivity index (χ4n) is 2.03. The van der Waals surface area contributed by atoms with E-state index in [0.717, 1.165) is 0 Å². The largest absolute Gasteiger partial charge is 0.480 e. The van der Waals surface area contributed by atoms with Crippen molar-refractivity contribution in [2.45, 2.75) is 25.7 Å². The normalized spacial score (nSPS) is 13.5. The summed E-state index contributed by atoms with van der Waals surface area (Å²) >= 11 is 0. The number of carboxylic acids is 1. The van der Waals surface area contributed by atoms with Crippen LogP contribution in [0.3, 0.4) is 0 Å². The maximum Gasteiger partial charge on any atom is 0.328 e. The first-order chi connectivity index (χ1) is 9.59. The van der Waals surface area contributed by atoms with Crippen molar-refractivity contribution in [1.29, 1.82) is 0 Å². The second-order valence-electron chi connectivity index (χ2n) is 4.24. The molecule has 0 spiro atoms. The van der Waals surface area contributed by atoms with Gasteiger partial charge in [-0.1, -0.05) is 30.3 Å². The topological polar surface area (TPSA) is 72.8 Å². The smallest absolute Gasteiger partial charge is 0.328 e. The van der Waals surface area contributed by atoms with E-state index >= 15 is 0 Å². The predicted molar refractivity (Wildman–Crippen MR) is 73.5 cm³/mol. The van der Waals surface area contributed by atoms with Gasteiger partial charge < -0.3 is 14.6 Å². The Morgan fingerprint density at radius 3 is 2.30 bits per heavy atom. The van der Waals surface area contributed by atoms with Gasteiger partial charge in [-0.05, 0) is 19.4 Å². The summed E-state index contributed by atoms with van der Waals surface area (Å²) in [4.78, 5) is 24.0. The van der Waals surface area contributed by atoms with E-state index in [1.165, 1.54) is 0 Å². The van der Waals surface area contributed by atoms with Crippen molar-refractivity contribution in [3.05, 3.63) is 35.9 Å². The fraction of sp³-hybridized carbons (Fsp3) is 0.467. The zero-order valence-electron chi connectivity index (χ0n) is 11.8. The highest BCUT2D eigenvalue weighted by atomic mass is 16.5. The van der Waals surface area contributed by atoms with Gasteiger partial charge in [-0.3, -0.25) is 9.59 Å². The molecule has 0 saturated heterocycles. The van der Waals surface area contributed by atoms with Crippen LogP contribution in [0.25, 0.3) is 0 Å². The lowest BCUT2D eigenvalue weighted by molar-refractivity contribution is -0.162. The van der Waals surface area contributed by atoms with Crippen molar-refractivity contribution in [2.75, 3.05) is 19.8 Å². The molecule has 0 fully saturated rings. The van der Waals surface area contributed by atoms with E-state index in [9.17, 15) is 14.7 Å². The van der Waals surface area contributed by atoms with E-state index in [1.54, 1.807) is 37.3 Å². The van der Waals surface area contributed by atoms with Gasteiger partial charge in [-0.2, -0.15) is 0 Å². The minimum Gasteiger partial charge on any atom is -0.480 e. The molecule has 1 aromatic rings. The Kier molecular flexibility index (Phi) is 6.18. The number of carbonyl (C=O) groups is 2. The standard InChI is InChI=1S/C15H20O5/c1-3-19-11-10-15(13(16)17,14(18)20-4-2)12-8-6-5-7-9-12/h5-9H,3-4,10-11H2,1-2H3,(H,16,17). The quantitative estimate of drug-likeness (QED) is 0.448. The van der Waals surface area contributed by atoms with Gasteiger partial charge in [0, 0.05) is 19.6 Å². The summed E-state index contributed by atoms with van der Waals surface area (Å²) in [5.74, 6) is -1.97. The lowest BCUT2D eigenvalue weighted by atomic mass is 9.77. The van der Waals surface area contributed by atoms with Gasteiger partial charge in [0.05, 0.1) is 6.61 Å². The van der Waals surface area contributed by atoms with Crippen LogP contribution in [0.4, 0.5) is 0 Å². The minimum atomic E-state index is -1.72. The van der Waals surface area contributed by atoms with E-state index in [1.807, 2.05) is 6.92 Å². The monoisotopic (exact) mass is 280 g/mol. The van der Waals surface area contributed by atoms with E-state index in [4.69, 9.17) is 9.47 Å². The molecule has 0 saturated carbocycles. The predicted octanol–water partition coefficient (Wildman–Crippen LogP) is 2.00. The van der Waals surface area contributed by atoms with Gasteiger partial charge in [0.15, 0.2) is 5.41 Å². The highest BCUT2D eigenvalue weighted by Crippen LogP contribution is 2.30. The molecule has 0 aromatic heterocycles. The molecule has 0 heterocycles. The summed E-state index contributed by atoms with van der Waals surface area (Å²) in [6.07, 6.45) is 0.0407. The van der Waals surface area contributed by atoms with Crippen LogP contribution >= 0.6 is 0 Å². The highest BCUT2D eigenvalue weighted by Gasteiger charge is 2.49.